The molecule has 0 aliphatic carbocycles. The highest BCUT2D eigenvalue weighted by Crippen LogP contribution is 2.19. The van der Waals surface area contributed by atoms with Crippen LogP contribution in [0.4, 0.5) is 8.78 Å². The molecule has 2 N–H and O–H groups in total. The van der Waals surface area contributed by atoms with E-state index >= 15 is 0 Å². The Morgan fingerprint density at radius 2 is 2.05 bits per heavy atom. The Hall–Kier alpha value is -0.720. The molecule has 1 heterocycles. The van der Waals surface area contributed by atoms with E-state index in [0.29, 0.717) is 12.6 Å². The van der Waals surface area contributed by atoms with Gasteiger partial charge in [0.2, 0.25) is 0 Å². The first-order valence-corrected chi connectivity index (χ1v) is 7.03. The van der Waals surface area contributed by atoms with Crippen molar-refractivity contribution >= 4 is 34.2 Å². The molecule has 7 heteroatoms. The molecule has 20 heavy (non-hydrogen) atoms. The number of hydrogen-bond acceptors (Lipinski definition) is 2. The fraction of sp³-hybridized carbons (Fsp3) is 0.462. The van der Waals surface area contributed by atoms with Gasteiger partial charge in [0.05, 0.1) is 0 Å². The van der Waals surface area contributed by atoms with Crippen molar-refractivity contribution in [2.75, 3.05) is 13.1 Å². The zero-order valence-corrected chi connectivity index (χ0v) is 13.1. The number of carbonyl (C=O) groups is 1. The maximum absolute atomic E-state index is 13.5. The van der Waals surface area contributed by atoms with E-state index in [2.05, 4.69) is 26.6 Å². The number of hydrogen-bond donors (Lipinski definition) is 2. The molecular formula is C13H16BrClF2N2O. The van der Waals surface area contributed by atoms with E-state index in [4.69, 9.17) is 0 Å². The van der Waals surface area contributed by atoms with Gasteiger partial charge < -0.3 is 10.6 Å². The molecule has 0 saturated carbocycles. The molecule has 1 fully saturated rings. The van der Waals surface area contributed by atoms with E-state index in [9.17, 15) is 13.6 Å². The largest absolute Gasteiger partial charge is 0.352 e. The van der Waals surface area contributed by atoms with Gasteiger partial charge in [0.1, 0.15) is 17.2 Å². The van der Waals surface area contributed by atoms with E-state index in [1.807, 2.05) is 0 Å². The normalized spacial score (nSPS) is 17.6. The van der Waals surface area contributed by atoms with Crippen LogP contribution in [-0.4, -0.2) is 25.0 Å². The lowest BCUT2D eigenvalue weighted by Crippen LogP contribution is -2.31. The van der Waals surface area contributed by atoms with Gasteiger partial charge in [0.25, 0.3) is 5.91 Å². The zero-order valence-electron chi connectivity index (χ0n) is 10.7. The molecular weight excluding hydrogens is 354 g/mol. The molecule has 0 radical (unpaired) electrons. The summed E-state index contributed by atoms with van der Waals surface area (Å²) >= 11 is 2.97. The molecule has 1 amide bonds. The van der Waals surface area contributed by atoms with Crippen molar-refractivity contribution in [1.82, 2.24) is 10.6 Å². The second-order valence-electron chi connectivity index (χ2n) is 4.58. The summed E-state index contributed by atoms with van der Waals surface area (Å²) in [6, 6.07) is 2.55. The van der Waals surface area contributed by atoms with Gasteiger partial charge >= 0.3 is 0 Å². The Labute approximate surface area is 131 Å². The number of nitrogens with one attached hydrogen (secondary N) is 2. The highest BCUT2D eigenvalue weighted by Gasteiger charge is 2.19. The van der Waals surface area contributed by atoms with Crippen LogP contribution < -0.4 is 10.6 Å². The van der Waals surface area contributed by atoms with Crippen LogP contribution in [0.2, 0.25) is 0 Å². The highest BCUT2D eigenvalue weighted by molar-refractivity contribution is 9.10. The molecule has 0 spiro atoms. The molecule has 1 aliphatic rings. The van der Waals surface area contributed by atoms with Gasteiger partial charge in [0, 0.05) is 17.1 Å². The molecule has 1 aromatic carbocycles. The summed E-state index contributed by atoms with van der Waals surface area (Å²) in [5.41, 5.74) is -0.525. The van der Waals surface area contributed by atoms with Gasteiger partial charge in [-0.25, -0.2) is 8.78 Å². The summed E-state index contributed by atoms with van der Waals surface area (Å²) in [5.74, 6) is -2.42. The van der Waals surface area contributed by atoms with Crippen molar-refractivity contribution < 1.29 is 13.6 Å². The zero-order chi connectivity index (χ0) is 13.8. The van der Waals surface area contributed by atoms with Crippen molar-refractivity contribution in [3.63, 3.8) is 0 Å². The minimum Gasteiger partial charge on any atom is -0.352 e. The van der Waals surface area contributed by atoms with Gasteiger partial charge in [0.15, 0.2) is 0 Å². The average molecular weight is 370 g/mol. The predicted molar refractivity (Wildman–Crippen MR) is 79.3 cm³/mol. The van der Waals surface area contributed by atoms with Gasteiger partial charge in [-0.2, -0.15) is 0 Å². The fourth-order valence-corrected chi connectivity index (χ4v) is 2.61. The van der Waals surface area contributed by atoms with Crippen LogP contribution in [0.15, 0.2) is 16.6 Å². The lowest BCUT2D eigenvalue weighted by molar-refractivity contribution is 0.0944. The van der Waals surface area contributed by atoms with E-state index in [1.54, 1.807) is 0 Å². The number of halogens is 4. The summed E-state index contributed by atoms with van der Waals surface area (Å²) in [7, 11) is 0. The number of carbonyl (C=O) groups excluding carboxylic acids is 1. The lowest BCUT2D eigenvalue weighted by atomic mass is 10.1. The first kappa shape index (κ1) is 17.3. The topological polar surface area (TPSA) is 41.1 Å². The minimum atomic E-state index is -0.858. The Kier molecular flexibility index (Phi) is 6.85. The summed E-state index contributed by atoms with van der Waals surface area (Å²) in [4.78, 5) is 11.7. The van der Waals surface area contributed by atoms with Gasteiger partial charge in [-0.05, 0) is 37.9 Å². The van der Waals surface area contributed by atoms with Crippen LogP contribution in [0.5, 0.6) is 0 Å². The standard InChI is InChI=1S/C13H15BrF2N2O.ClH/c14-8-6-10(15)12(11(16)7-8)13(19)18-5-3-9-2-1-4-17-9;/h6-7,9,17H,1-5H2,(H,18,19);1H/t9-;/m1./s1. The van der Waals surface area contributed by atoms with E-state index in [0.717, 1.165) is 37.9 Å². The second-order valence-corrected chi connectivity index (χ2v) is 5.50. The third kappa shape index (κ3) is 4.40. The minimum absolute atomic E-state index is 0. The smallest absolute Gasteiger partial charge is 0.257 e. The SMILES string of the molecule is Cl.O=C(NCC[C@H]1CCCN1)c1c(F)cc(Br)cc1F. The van der Waals surface area contributed by atoms with Crippen molar-refractivity contribution in [1.29, 1.82) is 0 Å². The summed E-state index contributed by atoms with van der Waals surface area (Å²) in [6.07, 6.45) is 2.98. The molecule has 3 nitrogen and oxygen atoms in total. The molecule has 0 unspecified atom stereocenters. The number of benzene rings is 1. The molecule has 1 aliphatic heterocycles. The molecule has 112 valence electrons. The van der Waals surface area contributed by atoms with E-state index in [-0.39, 0.29) is 16.9 Å². The molecule has 2 rings (SSSR count). The van der Waals surface area contributed by atoms with Gasteiger partial charge in [-0.3, -0.25) is 4.79 Å². The fourth-order valence-electron chi connectivity index (χ4n) is 2.21. The Bertz CT molecular complexity index is 458. The predicted octanol–water partition coefficient (Wildman–Crippen LogP) is 3.02. The van der Waals surface area contributed by atoms with E-state index < -0.39 is 23.1 Å². The van der Waals surface area contributed by atoms with Crippen molar-refractivity contribution in [3.05, 3.63) is 33.8 Å². The number of rotatable bonds is 4. The van der Waals surface area contributed by atoms with E-state index in [1.165, 1.54) is 0 Å². The molecule has 1 saturated heterocycles. The molecule has 1 atom stereocenters. The Balaban J connectivity index is 0.00000200. The van der Waals surface area contributed by atoms with Gasteiger partial charge in [-0.1, -0.05) is 15.9 Å². The third-order valence-electron chi connectivity index (χ3n) is 3.17. The molecule has 1 aromatic rings. The molecule has 0 bridgehead atoms. The Morgan fingerprint density at radius 1 is 1.40 bits per heavy atom. The number of amides is 1. The summed E-state index contributed by atoms with van der Waals surface area (Å²) in [6.45, 7) is 1.40. The van der Waals surface area contributed by atoms with Crippen molar-refractivity contribution in [3.8, 4) is 0 Å². The first-order chi connectivity index (χ1) is 9.08. The highest BCUT2D eigenvalue weighted by atomic mass is 79.9. The maximum Gasteiger partial charge on any atom is 0.257 e. The Morgan fingerprint density at radius 3 is 2.60 bits per heavy atom. The monoisotopic (exact) mass is 368 g/mol. The molecule has 0 aromatic heterocycles. The average Bonchev–Trinajstić information content (AvgIpc) is 2.80. The summed E-state index contributed by atoms with van der Waals surface area (Å²) in [5, 5.41) is 5.85. The van der Waals surface area contributed by atoms with Crippen LogP contribution in [0.3, 0.4) is 0 Å². The third-order valence-corrected chi connectivity index (χ3v) is 3.63. The lowest BCUT2D eigenvalue weighted by Gasteiger charge is -2.11. The summed E-state index contributed by atoms with van der Waals surface area (Å²) < 4.78 is 27.4. The van der Waals surface area contributed by atoms with Crippen LogP contribution in [0.25, 0.3) is 0 Å². The van der Waals surface area contributed by atoms with Crippen LogP contribution >= 0.6 is 28.3 Å². The van der Waals surface area contributed by atoms with Crippen molar-refractivity contribution in [2.24, 2.45) is 0 Å². The second kappa shape index (κ2) is 7.90. The maximum atomic E-state index is 13.5. The van der Waals surface area contributed by atoms with Crippen LogP contribution in [0.1, 0.15) is 29.6 Å². The van der Waals surface area contributed by atoms with Gasteiger partial charge in [-0.15, -0.1) is 12.4 Å². The first-order valence-electron chi connectivity index (χ1n) is 6.24. The quantitative estimate of drug-likeness (QED) is 0.856. The van der Waals surface area contributed by atoms with Crippen LogP contribution in [0, 0.1) is 11.6 Å². The van der Waals surface area contributed by atoms with Crippen LogP contribution in [-0.2, 0) is 0 Å². The van der Waals surface area contributed by atoms with Crippen molar-refractivity contribution in [2.45, 2.75) is 25.3 Å².